The Morgan fingerprint density at radius 1 is 1.16 bits per heavy atom. The summed E-state index contributed by atoms with van der Waals surface area (Å²) in [5.74, 6) is 0.797. The number of nitrogens with one attached hydrogen (secondary N) is 1. The molecule has 3 heterocycles. The zero-order chi connectivity index (χ0) is 22.1. The number of likely N-dealkylation sites (tertiary alicyclic amines) is 1. The molecule has 1 aromatic carbocycles. The van der Waals surface area contributed by atoms with Crippen LogP contribution in [0.5, 0.6) is 5.75 Å². The molecule has 32 heavy (non-hydrogen) atoms. The van der Waals surface area contributed by atoms with Gasteiger partial charge in [-0.2, -0.15) is 0 Å². The number of phenolic OH excluding ortho intramolecular Hbond substituents is 1. The second-order valence-corrected chi connectivity index (χ2v) is 9.62. The Morgan fingerprint density at radius 2 is 1.97 bits per heavy atom. The van der Waals surface area contributed by atoms with E-state index in [9.17, 15) is 14.7 Å². The quantitative estimate of drug-likeness (QED) is 0.657. The minimum Gasteiger partial charge on any atom is -0.508 e. The summed E-state index contributed by atoms with van der Waals surface area (Å²) in [5.41, 5.74) is 1.04. The predicted molar refractivity (Wildman–Crippen MR) is 117 cm³/mol. The smallest absolute Gasteiger partial charge is 0.225 e. The summed E-state index contributed by atoms with van der Waals surface area (Å²) in [4.78, 5) is 29.8. The zero-order valence-electron chi connectivity index (χ0n) is 18.4. The number of hydrogen-bond donors (Lipinski definition) is 2. The van der Waals surface area contributed by atoms with Crippen molar-refractivity contribution in [2.75, 3.05) is 39.5 Å². The number of carbonyl (C=O) groups is 2. The highest BCUT2D eigenvalue weighted by Crippen LogP contribution is 2.42. The monoisotopic (exact) mass is 443 g/mol. The Hall–Kier alpha value is -2.16. The van der Waals surface area contributed by atoms with Crippen molar-refractivity contribution in [1.82, 2.24) is 15.1 Å². The van der Waals surface area contributed by atoms with Crippen molar-refractivity contribution in [3.8, 4) is 5.75 Å². The standard InChI is InChI=1S/C24H33N3O5/c28-19-3-1-2-16(10-19)13-27-14-17(11-22(29)25-18-4-5-18)24-20(27)15-32-21(24)12-23(30)26-6-8-31-9-7-26/h1-3,10,17-18,20-21,24,28H,4-9,11-15H2,(H,25,29)/t17-,20-,21+,24-/m1/s1. The van der Waals surface area contributed by atoms with E-state index in [1.165, 1.54) is 0 Å². The number of morpholine rings is 1. The number of carbonyl (C=O) groups excluding carboxylic acids is 2. The third-order valence-corrected chi connectivity index (χ3v) is 7.26. The molecule has 4 atom stereocenters. The van der Waals surface area contributed by atoms with E-state index in [0.29, 0.717) is 58.3 Å². The lowest BCUT2D eigenvalue weighted by Gasteiger charge is -2.29. The molecular formula is C24H33N3O5. The molecule has 2 amide bonds. The van der Waals surface area contributed by atoms with Crippen molar-refractivity contribution in [3.63, 3.8) is 0 Å². The third-order valence-electron chi connectivity index (χ3n) is 7.26. The van der Waals surface area contributed by atoms with Crippen LogP contribution < -0.4 is 5.32 Å². The molecule has 1 aromatic rings. The Balaban J connectivity index is 1.28. The van der Waals surface area contributed by atoms with Gasteiger partial charge in [-0.1, -0.05) is 12.1 Å². The molecular weight excluding hydrogens is 410 g/mol. The van der Waals surface area contributed by atoms with Crippen LogP contribution in [0.25, 0.3) is 0 Å². The van der Waals surface area contributed by atoms with E-state index < -0.39 is 0 Å². The van der Waals surface area contributed by atoms with E-state index in [0.717, 1.165) is 24.9 Å². The lowest BCUT2D eigenvalue weighted by Crippen LogP contribution is -2.43. The van der Waals surface area contributed by atoms with Crippen molar-refractivity contribution in [3.05, 3.63) is 29.8 Å². The number of fused-ring (bicyclic) bond motifs is 1. The van der Waals surface area contributed by atoms with Gasteiger partial charge in [-0.05, 0) is 36.5 Å². The number of aromatic hydroxyl groups is 1. The van der Waals surface area contributed by atoms with Gasteiger partial charge in [0.15, 0.2) is 0 Å². The predicted octanol–water partition coefficient (Wildman–Crippen LogP) is 1.13. The fraction of sp³-hybridized carbons (Fsp3) is 0.667. The normalized spacial score (nSPS) is 30.3. The fourth-order valence-corrected chi connectivity index (χ4v) is 5.55. The van der Waals surface area contributed by atoms with Gasteiger partial charge in [-0.25, -0.2) is 0 Å². The first-order valence-corrected chi connectivity index (χ1v) is 11.9. The highest BCUT2D eigenvalue weighted by Gasteiger charge is 2.51. The SMILES string of the molecule is O=C(C[C@@H]1CN(Cc2cccc(O)c2)[C@@H]2CO[C@@H](CC(=O)N3CCOCC3)[C@H]12)NC1CC1. The van der Waals surface area contributed by atoms with E-state index in [2.05, 4.69) is 10.2 Å². The topological polar surface area (TPSA) is 91.3 Å². The first-order valence-electron chi connectivity index (χ1n) is 11.9. The molecule has 0 spiro atoms. The second kappa shape index (κ2) is 9.37. The van der Waals surface area contributed by atoms with Gasteiger partial charge in [-0.15, -0.1) is 0 Å². The van der Waals surface area contributed by atoms with Crippen molar-refractivity contribution >= 4 is 11.8 Å². The Morgan fingerprint density at radius 3 is 2.72 bits per heavy atom. The highest BCUT2D eigenvalue weighted by molar-refractivity contribution is 5.78. The van der Waals surface area contributed by atoms with Gasteiger partial charge in [0, 0.05) is 50.6 Å². The molecule has 1 aliphatic carbocycles. The maximum Gasteiger partial charge on any atom is 0.225 e. The van der Waals surface area contributed by atoms with Crippen LogP contribution in [0.4, 0.5) is 0 Å². The summed E-state index contributed by atoms with van der Waals surface area (Å²) in [6.45, 7) is 4.52. The van der Waals surface area contributed by atoms with Crippen molar-refractivity contribution in [2.24, 2.45) is 11.8 Å². The van der Waals surface area contributed by atoms with E-state index in [4.69, 9.17) is 9.47 Å². The number of nitrogens with zero attached hydrogens (tertiary/aromatic N) is 2. The van der Waals surface area contributed by atoms with E-state index in [1.54, 1.807) is 12.1 Å². The van der Waals surface area contributed by atoms with Crippen molar-refractivity contribution in [1.29, 1.82) is 0 Å². The highest BCUT2D eigenvalue weighted by atomic mass is 16.5. The molecule has 5 rings (SSSR count). The minimum absolute atomic E-state index is 0.112. The molecule has 4 fully saturated rings. The maximum atomic E-state index is 12.9. The summed E-state index contributed by atoms with van der Waals surface area (Å²) in [7, 11) is 0. The van der Waals surface area contributed by atoms with Crippen LogP contribution >= 0.6 is 0 Å². The lowest BCUT2D eigenvalue weighted by atomic mass is 9.84. The van der Waals surface area contributed by atoms with Gasteiger partial charge in [0.2, 0.25) is 11.8 Å². The summed E-state index contributed by atoms with van der Waals surface area (Å²) < 4.78 is 11.5. The Labute approximate surface area is 188 Å². The molecule has 0 radical (unpaired) electrons. The number of benzene rings is 1. The number of rotatable bonds is 7. The van der Waals surface area contributed by atoms with Gasteiger partial charge < -0.3 is 24.8 Å². The molecule has 0 bridgehead atoms. The Kier molecular flexibility index (Phi) is 6.35. The van der Waals surface area contributed by atoms with Crippen LogP contribution in [0.15, 0.2) is 24.3 Å². The molecule has 3 aliphatic heterocycles. The van der Waals surface area contributed by atoms with Crippen molar-refractivity contribution in [2.45, 2.75) is 50.4 Å². The van der Waals surface area contributed by atoms with Crippen LogP contribution in [0.3, 0.4) is 0 Å². The summed E-state index contributed by atoms with van der Waals surface area (Å²) in [6.07, 6.45) is 2.82. The van der Waals surface area contributed by atoms with E-state index in [-0.39, 0.29) is 41.5 Å². The molecule has 1 saturated carbocycles. The molecule has 0 aromatic heterocycles. The first kappa shape index (κ1) is 21.7. The van der Waals surface area contributed by atoms with Gasteiger partial charge in [0.25, 0.3) is 0 Å². The fourth-order valence-electron chi connectivity index (χ4n) is 5.55. The molecule has 8 nitrogen and oxygen atoms in total. The number of amides is 2. The van der Waals surface area contributed by atoms with Gasteiger partial charge in [-0.3, -0.25) is 14.5 Å². The number of phenols is 1. The molecule has 8 heteroatoms. The van der Waals surface area contributed by atoms with Gasteiger partial charge in [0.1, 0.15) is 5.75 Å². The van der Waals surface area contributed by atoms with Crippen LogP contribution in [-0.2, 0) is 25.6 Å². The average Bonchev–Trinajstić information content (AvgIpc) is 3.39. The van der Waals surface area contributed by atoms with Gasteiger partial charge >= 0.3 is 0 Å². The zero-order valence-corrected chi connectivity index (χ0v) is 18.4. The summed E-state index contributed by atoms with van der Waals surface area (Å²) >= 11 is 0. The van der Waals surface area contributed by atoms with Crippen LogP contribution in [-0.4, -0.2) is 84.4 Å². The molecule has 174 valence electrons. The Bertz CT molecular complexity index is 839. The second-order valence-electron chi connectivity index (χ2n) is 9.62. The maximum absolute atomic E-state index is 12.9. The number of hydrogen-bond acceptors (Lipinski definition) is 6. The van der Waals surface area contributed by atoms with E-state index in [1.807, 2.05) is 17.0 Å². The summed E-state index contributed by atoms with van der Waals surface area (Å²) in [5, 5.41) is 13.0. The van der Waals surface area contributed by atoms with Crippen LogP contribution in [0, 0.1) is 11.8 Å². The molecule has 2 N–H and O–H groups in total. The lowest BCUT2D eigenvalue weighted by molar-refractivity contribution is -0.138. The van der Waals surface area contributed by atoms with Gasteiger partial charge in [0.05, 0.1) is 32.3 Å². The van der Waals surface area contributed by atoms with Crippen LogP contribution in [0.1, 0.15) is 31.2 Å². The van der Waals surface area contributed by atoms with Crippen LogP contribution in [0.2, 0.25) is 0 Å². The van der Waals surface area contributed by atoms with Crippen molar-refractivity contribution < 1.29 is 24.2 Å². The summed E-state index contributed by atoms with van der Waals surface area (Å²) in [6, 6.07) is 7.86. The number of ether oxygens (including phenoxy) is 2. The molecule has 3 saturated heterocycles. The van der Waals surface area contributed by atoms with E-state index >= 15 is 0 Å². The largest absolute Gasteiger partial charge is 0.508 e. The first-order chi connectivity index (χ1) is 15.6. The molecule has 4 aliphatic rings. The third kappa shape index (κ3) is 4.92. The average molecular weight is 444 g/mol. The molecule has 0 unspecified atom stereocenters. The minimum atomic E-state index is -0.164.